The highest BCUT2D eigenvalue weighted by Gasteiger charge is 2.24. The van der Waals surface area contributed by atoms with E-state index in [4.69, 9.17) is 15.6 Å². The molecule has 0 aliphatic heterocycles. The SMILES string of the molecule is CCCCCCCCCCCCCCC(O)C(O)C(N)COC(=O)CCCCCO. The van der Waals surface area contributed by atoms with Gasteiger partial charge in [0.05, 0.1) is 18.2 Å². The lowest BCUT2D eigenvalue weighted by molar-refractivity contribution is -0.145. The Morgan fingerprint density at radius 2 is 1.30 bits per heavy atom. The Hall–Kier alpha value is -0.690. The second-order valence-electron chi connectivity index (χ2n) is 8.62. The van der Waals surface area contributed by atoms with Crippen molar-refractivity contribution in [2.75, 3.05) is 13.2 Å². The van der Waals surface area contributed by atoms with Crippen LogP contribution in [0.4, 0.5) is 0 Å². The molecule has 0 saturated heterocycles. The molecular weight excluding hydrogens is 382 g/mol. The summed E-state index contributed by atoms with van der Waals surface area (Å²) in [6.07, 6.45) is 16.0. The molecule has 0 bridgehead atoms. The van der Waals surface area contributed by atoms with Crippen LogP contribution in [0.2, 0.25) is 0 Å². The number of carbonyl (C=O) groups is 1. The maximum absolute atomic E-state index is 11.6. The van der Waals surface area contributed by atoms with E-state index in [-0.39, 0.29) is 25.6 Å². The summed E-state index contributed by atoms with van der Waals surface area (Å²) in [4.78, 5) is 11.6. The highest BCUT2D eigenvalue weighted by Crippen LogP contribution is 2.14. The van der Waals surface area contributed by atoms with E-state index in [2.05, 4.69) is 6.92 Å². The van der Waals surface area contributed by atoms with Crippen LogP contribution in [0.1, 0.15) is 116 Å². The quantitative estimate of drug-likeness (QED) is 0.151. The van der Waals surface area contributed by atoms with Gasteiger partial charge >= 0.3 is 5.97 Å². The third-order valence-corrected chi connectivity index (χ3v) is 5.66. The molecule has 0 spiro atoms. The molecule has 5 N–H and O–H groups in total. The molecule has 0 saturated carbocycles. The van der Waals surface area contributed by atoms with Gasteiger partial charge in [-0.15, -0.1) is 0 Å². The number of ether oxygens (including phenoxy) is 1. The lowest BCUT2D eigenvalue weighted by Gasteiger charge is -2.23. The Kier molecular flexibility index (Phi) is 21.0. The highest BCUT2D eigenvalue weighted by atomic mass is 16.5. The number of aliphatic hydroxyl groups is 3. The van der Waals surface area contributed by atoms with Crippen molar-refractivity contribution in [1.82, 2.24) is 0 Å². The first-order chi connectivity index (χ1) is 14.5. The Morgan fingerprint density at radius 3 is 1.83 bits per heavy atom. The standard InChI is InChI=1S/C24H49NO5/c1-2-3-4-5-6-7-8-9-10-11-12-14-17-22(27)24(29)21(25)20-30-23(28)18-15-13-16-19-26/h21-22,24,26-27,29H,2-20,25H2,1H3. The Bertz CT molecular complexity index is 381. The number of hydrogen-bond acceptors (Lipinski definition) is 6. The van der Waals surface area contributed by atoms with Crippen molar-refractivity contribution in [3.8, 4) is 0 Å². The molecule has 0 heterocycles. The minimum atomic E-state index is -1.08. The lowest BCUT2D eigenvalue weighted by Crippen LogP contribution is -2.46. The van der Waals surface area contributed by atoms with E-state index in [0.717, 1.165) is 19.3 Å². The Balaban J connectivity index is 3.59. The van der Waals surface area contributed by atoms with Gasteiger partial charge in [-0.2, -0.15) is 0 Å². The van der Waals surface area contributed by atoms with Gasteiger partial charge in [-0.05, 0) is 19.3 Å². The molecule has 30 heavy (non-hydrogen) atoms. The molecule has 0 aromatic rings. The van der Waals surface area contributed by atoms with E-state index >= 15 is 0 Å². The molecule has 6 heteroatoms. The first-order valence-corrected chi connectivity index (χ1v) is 12.4. The molecular formula is C24H49NO5. The molecule has 6 nitrogen and oxygen atoms in total. The largest absolute Gasteiger partial charge is 0.464 e. The van der Waals surface area contributed by atoms with Crippen molar-refractivity contribution in [2.24, 2.45) is 5.73 Å². The molecule has 0 amide bonds. The maximum Gasteiger partial charge on any atom is 0.305 e. The normalized spacial score (nSPS) is 14.4. The number of hydrogen-bond donors (Lipinski definition) is 4. The van der Waals surface area contributed by atoms with E-state index < -0.39 is 18.2 Å². The number of carbonyl (C=O) groups excluding carboxylic acids is 1. The van der Waals surface area contributed by atoms with Crippen molar-refractivity contribution in [1.29, 1.82) is 0 Å². The van der Waals surface area contributed by atoms with Crippen molar-refractivity contribution >= 4 is 5.97 Å². The zero-order valence-electron chi connectivity index (χ0n) is 19.4. The number of rotatable bonds is 22. The lowest BCUT2D eigenvalue weighted by atomic mass is 10.00. The second kappa shape index (κ2) is 21.5. The summed E-state index contributed by atoms with van der Waals surface area (Å²) >= 11 is 0. The number of aliphatic hydroxyl groups excluding tert-OH is 3. The zero-order chi connectivity index (χ0) is 22.5. The minimum Gasteiger partial charge on any atom is -0.464 e. The number of nitrogens with two attached hydrogens (primary N) is 1. The fourth-order valence-corrected chi connectivity index (χ4v) is 3.57. The van der Waals surface area contributed by atoms with Crippen LogP contribution in [0.25, 0.3) is 0 Å². The fourth-order valence-electron chi connectivity index (χ4n) is 3.57. The maximum atomic E-state index is 11.6. The number of esters is 1. The van der Waals surface area contributed by atoms with E-state index in [1.165, 1.54) is 64.2 Å². The van der Waals surface area contributed by atoms with Gasteiger partial charge in [0.2, 0.25) is 0 Å². The van der Waals surface area contributed by atoms with Crippen LogP contribution in [-0.4, -0.2) is 52.8 Å². The predicted molar refractivity (Wildman–Crippen MR) is 122 cm³/mol. The average molecular weight is 432 g/mol. The fraction of sp³-hybridized carbons (Fsp3) is 0.958. The van der Waals surface area contributed by atoms with Crippen LogP contribution in [0, 0.1) is 0 Å². The molecule has 180 valence electrons. The third-order valence-electron chi connectivity index (χ3n) is 5.66. The van der Waals surface area contributed by atoms with Gasteiger partial charge in [0, 0.05) is 13.0 Å². The summed E-state index contributed by atoms with van der Waals surface area (Å²) in [6.45, 7) is 2.29. The molecule has 3 atom stereocenters. The predicted octanol–water partition coefficient (Wildman–Crippen LogP) is 4.22. The second-order valence-corrected chi connectivity index (χ2v) is 8.62. The summed E-state index contributed by atoms with van der Waals surface area (Å²) in [5.74, 6) is -0.356. The van der Waals surface area contributed by atoms with Gasteiger partial charge in [-0.1, -0.05) is 90.4 Å². The van der Waals surface area contributed by atoms with Crippen LogP contribution in [0.15, 0.2) is 0 Å². The first kappa shape index (κ1) is 29.3. The third kappa shape index (κ3) is 18.1. The summed E-state index contributed by atoms with van der Waals surface area (Å²) in [5, 5.41) is 29.0. The van der Waals surface area contributed by atoms with E-state index in [0.29, 0.717) is 19.3 Å². The Morgan fingerprint density at radius 1 is 0.800 bits per heavy atom. The summed E-state index contributed by atoms with van der Waals surface area (Å²) in [6, 6.07) is -0.779. The van der Waals surface area contributed by atoms with Gasteiger partial charge in [-0.25, -0.2) is 0 Å². The van der Waals surface area contributed by atoms with Gasteiger partial charge in [-0.3, -0.25) is 4.79 Å². The van der Waals surface area contributed by atoms with E-state index in [1.807, 2.05) is 0 Å². The number of unbranched alkanes of at least 4 members (excludes halogenated alkanes) is 13. The van der Waals surface area contributed by atoms with Crippen molar-refractivity contribution in [3.63, 3.8) is 0 Å². The zero-order valence-corrected chi connectivity index (χ0v) is 19.4. The molecule has 0 aromatic heterocycles. The van der Waals surface area contributed by atoms with Crippen molar-refractivity contribution < 1.29 is 24.9 Å². The summed E-state index contributed by atoms with van der Waals surface area (Å²) in [7, 11) is 0. The summed E-state index contributed by atoms with van der Waals surface area (Å²) in [5.41, 5.74) is 5.86. The molecule has 0 radical (unpaired) electrons. The molecule has 0 aliphatic carbocycles. The average Bonchev–Trinajstić information content (AvgIpc) is 2.75. The smallest absolute Gasteiger partial charge is 0.305 e. The topological polar surface area (TPSA) is 113 Å². The first-order valence-electron chi connectivity index (χ1n) is 12.4. The molecule has 3 unspecified atom stereocenters. The van der Waals surface area contributed by atoms with Crippen LogP contribution in [-0.2, 0) is 9.53 Å². The van der Waals surface area contributed by atoms with Gasteiger partial charge in [0.25, 0.3) is 0 Å². The van der Waals surface area contributed by atoms with Crippen molar-refractivity contribution in [3.05, 3.63) is 0 Å². The molecule has 0 aromatic carbocycles. The summed E-state index contributed by atoms with van der Waals surface area (Å²) < 4.78 is 5.07. The molecule has 0 rings (SSSR count). The van der Waals surface area contributed by atoms with Crippen LogP contribution < -0.4 is 5.73 Å². The van der Waals surface area contributed by atoms with E-state index in [9.17, 15) is 15.0 Å². The monoisotopic (exact) mass is 431 g/mol. The van der Waals surface area contributed by atoms with Gasteiger partial charge < -0.3 is 25.8 Å². The van der Waals surface area contributed by atoms with Crippen molar-refractivity contribution in [2.45, 2.75) is 134 Å². The van der Waals surface area contributed by atoms with Gasteiger partial charge in [0.1, 0.15) is 6.61 Å². The Labute approximate surface area is 184 Å². The van der Waals surface area contributed by atoms with Gasteiger partial charge in [0.15, 0.2) is 0 Å². The molecule has 0 aliphatic rings. The van der Waals surface area contributed by atoms with Crippen LogP contribution >= 0.6 is 0 Å². The minimum absolute atomic E-state index is 0.0878. The van der Waals surface area contributed by atoms with Crippen LogP contribution in [0.5, 0.6) is 0 Å². The van der Waals surface area contributed by atoms with E-state index in [1.54, 1.807) is 0 Å². The van der Waals surface area contributed by atoms with Crippen LogP contribution in [0.3, 0.4) is 0 Å². The highest BCUT2D eigenvalue weighted by molar-refractivity contribution is 5.69. The molecule has 0 fully saturated rings.